The van der Waals surface area contributed by atoms with Crippen molar-refractivity contribution in [2.24, 2.45) is 4.99 Å². The van der Waals surface area contributed by atoms with Crippen LogP contribution in [0.3, 0.4) is 0 Å². The van der Waals surface area contributed by atoms with Gasteiger partial charge in [-0.2, -0.15) is 0 Å². The predicted octanol–water partition coefficient (Wildman–Crippen LogP) is 3.73. The normalized spacial score (nSPS) is 10.7. The number of hydrogen-bond acceptors (Lipinski definition) is 3. The molecule has 2 N–H and O–H groups in total. The predicted molar refractivity (Wildman–Crippen MR) is 107 cm³/mol. The molecule has 2 aromatic rings. The number of nitrogens with one attached hydrogen (secondary N) is 2. The zero-order chi connectivity index (χ0) is 16.7. The molecule has 128 valence electrons. The molecular weight excluding hydrogens is 443 g/mol. The summed E-state index contributed by atoms with van der Waals surface area (Å²) in [7, 11) is 1.67. The van der Waals surface area contributed by atoms with Crippen molar-refractivity contribution in [1.29, 1.82) is 0 Å². The molecular formula is C16H18ClIN4O2. The van der Waals surface area contributed by atoms with Gasteiger partial charge in [0.1, 0.15) is 0 Å². The Morgan fingerprint density at radius 3 is 2.25 bits per heavy atom. The molecule has 6 nitrogen and oxygen atoms in total. The van der Waals surface area contributed by atoms with Crippen molar-refractivity contribution < 1.29 is 4.92 Å². The smallest absolute Gasteiger partial charge is 0.269 e. The maximum absolute atomic E-state index is 10.8. The number of halogens is 2. The van der Waals surface area contributed by atoms with Crippen LogP contribution < -0.4 is 10.6 Å². The molecule has 0 aliphatic heterocycles. The summed E-state index contributed by atoms with van der Waals surface area (Å²) in [5.74, 6) is 0.608. The topological polar surface area (TPSA) is 79.6 Å². The second-order valence-electron chi connectivity index (χ2n) is 4.84. The van der Waals surface area contributed by atoms with Gasteiger partial charge in [-0.25, -0.2) is 0 Å². The summed E-state index contributed by atoms with van der Waals surface area (Å²) in [6.07, 6.45) is 0. The second kappa shape index (κ2) is 10.1. The van der Waals surface area contributed by atoms with E-state index < -0.39 is 4.92 Å². The first-order chi connectivity index (χ1) is 11.1. The highest BCUT2D eigenvalue weighted by molar-refractivity contribution is 14.0. The maximum Gasteiger partial charge on any atom is 0.269 e. The molecule has 2 aromatic carbocycles. The lowest BCUT2D eigenvalue weighted by Gasteiger charge is -2.12. The number of nitro benzene ring substituents is 1. The SMILES string of the molecule is CN=C(NCc1cccc(Cl)c1)NCc1cccc([N+](=O)[O-])c1.I. The van der Waals surface area contributed by atoms with Crippen LogP contribution in [0.2, 0.25) is 5.02 Å². The molecule has 0 atom stereocenters. The highest BCUT2D eigenvalue weighted by Crippen LogP contribution is 2.13. The first-order valence-electron chi connectivity index (χ1n) is 7.01. The number of benzene rings is 2. The summed E-state index contributed by atoms with van der Waals surface area (Å²) in [6.45, 7) is 1.02. The minimum atomic E-state index is -0.407. The van der Waals surface area contributed by atoms with Crippen LogP contribution in [0.4, 0.5) is 5.69 Å². The molecule has 0 radical (unpaired) electrons. The lowest BCUT2D eigenvalue weighted by Crippen LogP contribution is -2.36. The lowest BCUT2D eigenvalue weighted by atomic mass is 10.2. The van der Waals surface area contributed by atoms with Crippen LogP contribution in [0, 0.1) is 10.1 Å². The van der Waals surface area contributed by atoms with Crippen LogP contribution in [0.25, 0.3) is 0 Å². The van der Waals surface area contributed by atoms with E-state index in [2.05, 4.69) is 15.6 Å². The molecule has 0 unspecified atom stereocenters. The van der Waals surface area contributed by atoms with Gasteiger partial charge in [0, 0.05) is 37.3 Å². The van der Waals surface area contributed by atoms with Crippen molar-refractivity contribution in [2.75, 3.05) is 7.05 Å². The van der Waals surface area contributed by atoms with Crippen LogP contribution in [-0.4, -0.2) is 17.9 Å². The summed E-state index contributed by atoms with van der Waals surface area (Å²) >= 11 is 5.95. The zero-order valence-corrected chi connectivity index (χ0v) is 16.1. The minimum absolute atomic E-state index is 0. The van der Waals surface area contributed by atoms with Crippen molar-refractivity contribution in [1.82, 2.24) is 10.6 Å². The van der Waals surface area contributed by atoms with Gasteiger partial charge in [0.05, 0.1) is 4.92 Å². The number of non-ortho nitro benzene ring substituents is 1. The van der Waals surface area contributed by atoms with Crippen LogP contribution in [0.15, 0.2) is 53.5 Å². The Morgan fingerprint density at radius 2 is 1.71 bits per heavy atom. The monoisotopic (exact) mass is 460 g/mol. The van der Waals surface area contributed by atoms with Crippen molar-refractivity contribution >= 4 is 47.2 Å². The summed E-state index contributed by atoms with van der Waals surface area (Å²) in [6, 6.07) is 14.0. The summed E-state index contributed by atoms with van der Waals surface area (Å²) < 4.78 is 0. The van der Waals surface area contributed by atoms with Crippen molar-refractivity contribution in [3.8, 4) is 0 Å². The van der Waals surface area contributed by atoms with E-state index in [4.69, 9.17) is 11.6 Å². The molecule has 0 aromatic heterocycles. The molecule has 0 heterocycles. The first kappa shape index (κ1) is 20.2. The third-order valence-corrected chi connectivity index (χ3v) is 3.39. The number of hydrogen-bond donors (Lipinski definition) is 2. The Morgan fingerprint density at radius 1 is 1.12 bits per heavy atom. The van der Waals surface area contributed by atoms with Crippen LogP contribution in [-0.2, 0) is 13.1 Å². The third-order valence-electron chi connectivity index (χ3n) is 3.15. The van der Waals surface area contributed by atoms with E-state index >= 15 is 0 Å². The third kappa shape index (κ3) is 6.32. The lowest BCUT2D eigenvalue weighted by molar-refractivity contribution is -0.384. The fraction of sp³-hybridized carbons (Fsp3) is 0.188. The minimum Gasteiger partial charge on any atom is -0.352 e. The van der Waals surface area contributed by atoms with E-state index in [-0.39, 0.29) is 29.7 Å². The van der Waals surface area contributed by atoms with E-state index in [0.29, 0.717) is 24.1 Å². The maximum atomic E-state index is 10.8. The van der Waals surface area contributed by atoms with Crippen molar-refractivity contribution in [3.63, 3.8) is 0 Å². The standard InChI is InChI=1S/C16H17ClN4O2.HI/c1-18-16(19-10-12-4-2-6-14(17)8-12)20-11-13-5-3-7-15(9-13)21(22)23;/h2-9H,10-11H2,1H3,(H2,18,19,20);1H. The molecule has 0 aliphatic rings. The van der Waals surface area contributed by atoms with Crippen molar-refractivity contribution in [3.05, 3.63) is 74.8 Å². The molecule has 0 bridgehead atoms. The van der Waals surface area contributed by atoms with Gasteiger partial charge in [0.25, 0.3) is 5.69 Å². The summed E-state index contributed by atoms with van der Waals surface area (Å²) in [5.41, 5.74) is 1.92. The van der Waals surface area contributed by atoms with Gasteiger partial charge >= 0.3 is 0 Å². The Balaban J connectivity index is 0.00000288. The van der Waals surface area contributed by atoms with Crippen molar-refractivity contribution in [2.45, 2.75) is 13.1 Å². The molecule has 8 heteroatoms. The number of aliphatic imine (C=N–C) groups is 1. The molecule has 24 heavy (non-hydrogen) atoms. The van der Waals surface area contributed by atoms with Gasteiger partial charge in [-0.05, 0) is 23.3 Å². The van der Waals surface area contributed by atoms with Gasteiger partial charge in [-0.1, -0.05) is 35.9 Å². The molecule has 0 saturated carbocycles. The molecule has 0 amide bonds. The van der Waals surface area contributed by atoms with Crippen LogP contribution in [0.1, 0.15) is 11.1 Å². The number of nitro groups is 1. The fourth-order valence-corrected chi connectivity index (χ4v) is 2.23. The Hall–Kier alpha value is -1.87. The van der Waals surface area contributed by atoms with E-state index in [9.17, 15) is 10.1 Å². The Kier molecular flexibility index (Phi) is 8.48. The Labute approximate surface area is 162 Å². The largest absolute Gasteiger partial charge is 0.352 e. The van der Waals surface area contributed by atoms with Gasteiger partial charge in [-0.3, -0.25) is 15.1 Å². The summed E-state index contributed by atoms with van der Waals surface area (Å²) in [5, 5.41) is 17.7. The number of rotatable bonds is 5. The quantitative estimate of drug-likeness (QED) is 0.234. The zero-order valence-electron chi connectivity index (χ0n) is 13.0. The summed E-state index contributed by atoms with van der Waals surface area (Å²) in [4.78, 5) is 14.5. The average molecular weight is 461 g/mol. The van der Waals surface area contributed by atoms with E-state index in [1.54, 1.807) is 13.1 Å². The highest BCUT2D eigenvalue weighted by Gasteiger charge is 2.06. The molecule has 2 rings (SSSR count). The Bertz CT molecular complexity index is 725. The van der Waals surface area contributed by atoms with E-state index in [0.717, 1.165) is 11.1 Å². The molecule has 0 spiro atoms. The van der Waals surface area contributed by atoms with Gasteiger partial charge < -0.3 is 10.6 Å². The second-order valence-corrected chi connectivity index (χ2v) is 5.27. The molecule has 0 fully saturated rings. The molecule has 0 aliphatic carbocycles. The molecule has 0 saturated heterocycles. The van der Waals surface area contributed by atoms with Crippen LogP contribution in [0.5, 0.6) is 0 Å². The highest BCUT2D eigenvalue weighted by atomic mass is 127. The first-order valence-corrected chi connectivity index (χ1v) is 7.38. The van der Waals surface area contributed by atoms with E-state index in [1.165, 1.54) is 12.1 Å². The van der Waals surface area contributed by atoms with Gasteiger partial charge in [0.2, 0.25) is 0 Å². The fourth-order valence-electron chi connectivity index (χ4n) is 2.02. The van der Waals surface area contributed by atoms with Crippen LogP contribution >= 0.6 is 35.6 Å². The van der Waals surface area contributed by atoms with Gasteiger partial charge in [0.15, 0.2) is 5.96 Å². The van der Waals surface area contributed by atoms with E-state index in [1.807, 2.05) is 30.3 Å². The average Bonchev–Trinajstić information content (AvgIpc) is 2.55. The number of nitrogens with zero attached hydrogens (tertiary/aromatic N) is 2. The number of guanidine groups is 1. The van der Waals surface area contributed by atoms with Gasteiger partial charge in [-0.15, -0.1) is 24.0 Å².